The summed E-state index contributed by atoms with van der Waals surface area (Å²) in [5, 5.41) is 19.5. The molecule has 0 aliphatic heterocycles. The number of anilines is 2. The fraction of sp³-hybridized carbons (Fsp3) is 0.0769. The number of nitrogens with one attached hydrogen (secondary N) is 2. The predicted molar refractivity (Wildman–Crippen MR) is 144 cm³/mol. The van der Waals surface area contributed by atoms with Gasteiger partial charge in [-0.1, -0.05) is 41.9 Å². The van der Waals surface area contributed by atoms with Crippen LogP contribution in [-0.4, -0.2) is 35.3 Å². The maximum Gasteiger partial charge on any atom is 0.335 e. The molecule has 0 fully saturated rings. The van der Waals surface area contributed by atoms with Crippen LogP contribution < -0.4 is 27.3 Å². The number of halogens is 1. The highest BCUT2D eigenvalue weighted by molar-refractivity contribution is 6.30. The normalized spacial score (nSPS) is 11.8. The molecule has 0 heterocycles. The molecule has 2 amide bonds. The number of nitrogens with two attached hydrogens (primary N) is 2. The van der Waals surface area contributed by atoms with Gasteiger partial charge in [0.1, 0.15) is 12.4 Å². The zero-order chi connectivity index (χ0) is 26.8. The van der Waals surface area contributed by atoms with Crippen LogP contribution >= 0.6 is 11.6 Å². The molecule has 0 unspecified atom stereocenters. The molecular weight excluding hydrogens is 496 g/mol. The number of carbonyl (C=O) groups is 3. The average Bonchev–Trinajstić information content (AvgIpc) is 2.88. The Bertz CT molecular complexity index is 1310. The molecule has 0 spiro atoms. The van der Waals surface area contributed by atoms with Crippen molar-refractivity contribution in [2.75, 3.05) is 10.3 Å². The highest BCUT2D eigenvalue weighted by Crippen LogP contribution is 2.23. The number of hydrazine groups is 1. The molecule has 0 aromatic heterocycles. The number of carboxylic acid groups (broad SMARTS) is 1. The Kier molecular flexibility index (Phi) is 9.36. The van der Waals surface area contributed by atoms with Gasteiger partial charge in [0.15, 0.2) is 0 Å². The van der Waals surface area contributed by atoms with Gasteiger partial charge in [0.2, 0.25) is 11.8 Å². The minimum Gasteiger partial charge on any atom is -0.478 e. The number of hydrazone groups is 1. The second-order valence-electron chi connectivity index (χ2n) is 7.83. The molecule has 3 aromatic rings. The molecular formula is C26H25ClN6O4. The summed E-state index contributed by atoms with van der Waals surface area (Å²) in [4.78, 5) is 37.0. The second-order valence-corrected chi connectivity index (χ2v) is 8.27. The van der Waals surface area contributed by atoms with Gasteiger partial charge in [-0.2, -0.15) is 5.10 Å². The van der Waals surface area contributed by atoms with Crippen LogP contribution in [0.4, 0.5) is 11.4 Å². The smallest absolute Gasteiger partial charge is 0.335 e. The summed E-state index contributed by atoms with van der Waals surface area (Å²) in [6.07, 6.45) is 4.19. The van der Waals surface area contributed by atoms with E-state index in [1.807, 2.05) is 30.3 Å². The lowest BCUT2D eigenvalue weighted by Crippen LogP contribution is -2.44. The Morgan fingerprint density at radius 1 is 1.05 bits per heavy atom. The third kappa shape index (κ3) is 7.92. The van der Waals surface area contributed by atoms with E-state index in [0.29, 0.717) is 22.0 Å². The molecule has 7 N–H and O–H groups in total. The Labute approximate surface area is 218 Å². The van der Waals surface area contributed by atoms with Crippen molar-refractivity contribution in [1.29, 1.82) is 0 Å². The van der Waals surface area contributed by atoms with E-state index in [-0.39, 0.29) is 12.0 Å². The predicted octanol–water partition coefficient (Wildman–Crippen LogP) is 3.00. The number of rotatable bonds is 10. The number of benzene rings is 3. The number of amides is 2. The molecule has 0 saturated carbocycles. The molecule has 190 valence electrons. The quantitative estimate of drug-likeness (QED) is 0.0901. The Morgan fingerprint density at radius 3 is 2.41 bits per heavy atom. The number of carboxylic acids is 1. The van der Waals surface area contributed by atoms with E-state index in [2.05, 4.69) is 15.7 Å². The van der Waals surface area contributed by atoms with Gasteiger partial charge in [0.05, 0.1) is 11.3 Å². The lowest BCUT2D eigenvalue weighted by molar-refractivity contribution is -0.123. The highest BCUT2D eigenvalue weighted by atomic mass is 35.5. The summed E-state index contributed by atoms with van der Waals surface area (Å²) in [5.74, 6) is 9.01. The first kappa shape index (κ1) is 26.9. The van der Waals surface area contributed by atoms with Crippen LogP contribution in [0.25, 0.3) is 6.08 Å². The molecule has 0 saturated heterocycles. The molecule has 37 heavy (non-hydrogen) atoms. The average molecular weight is 521 g/mol. The van der Waals surface area contributed by atoms with Gasteiger partial charge in [0.25, 0.3) is 0 Å². The van der Waals surface area contributed by atoms with Gasteiger partial charge in [-0.3, -0.25) is 14.6 Å². The topological polar surface area (TPSA) is 163 Å². The van der Waals surface area contributed by atoms with Gasteiger partial charge in [-0.05, 0) is 54.1 Å². The van der Waals surface area contributed by atoms with Crippen LogP contribution in [-0.2, 0) is 16.0 Å². The third-order valence-electron chi connectivity index (χ3n) is 5.19. The fourth-order valence-corrected chi connectivity index (χ4v) is 3.58. The largest absolute Gasteiger partial charge is 0.478 e. The van der Waals surface area contributed by atoms with Crippen LogP contribution in [0.1, 0.15) is 21.5 Å². The number of hydrogen-bond donors (Lipinski definition) is 5. The Balaban J connectivity index is 1.79. The van der Waals surface area contributed by atoms with Gasteiger partial charge in [-0.15, -0.1) is 0 Å². The molecule has 1 atom stereocenters. The monoisotopic (exact) mass is 520 g/mol. The summed E-state index contributed by atoms with van der Waals surface area (Å²) < 4.78 is 0. The minimum absolute atomic E-state index is 0.0893. The number of aromatic carboxylic acids is 1. The summed E-state index contributed by atoms with van der Waals surface area (Å²) in [7, 11) is 0. The molecule has 3 aromatic carbocycles. The van der Waals surface area contributed by atoms with E-state index in [0.717, 1.165) is 5.56 Å². The highest BCUT2D eigenvalue weighted by Gasteiger charge is 2.21. The third-order valence-corrected chi connectivity index (χ3v) is 5.42. The van der Waals surface area contributed by atoms with Crippen LogP contribution in [0.15, 0.2) is 84.0 Å². The van der Waals surface area contributed by atoms with E-state index in [1.165, 1.54) is 47.8 Å². The molecule has 11 heteroatoms. The van der Waals surface area contributed by atoms with E-state index in [9.17, 15) is 14.4 Å². The van der Waals surface area contributed by atoms with Gasteiger partial charge < -0.3 is 21.6 Å². The molecule has 0 aliphatic carbocycles. The van der Waals surface area contributed by atoms with E-state index in [1.54, 1.807) is 18.2 Å². The van der Waals surface area contributed by atoms with Crippen molar-refractivity contribution in [3.8, 4) is 0 Å². The first-order valence-electron chi connectivity index (χ1n) is 11.0. The first-order chi connectivity index (χ1) is 17.8. The lowest BCUT2D eigenvalue weighted by Gasteiger charge is -2.18. The maximum absolute atomic E-state index is 13.1. The number of carbonyl (C=O) groups excluding carboxylic acids is 2. The van der Waals surface area contributed by atoms with Crippen molar-refractivity contribution in [3.63, 3.8) is 0 Å². The van der Waals surface area contributed by atoms with Crippen LogP contribution in [0.5, 0.6) is 0 Å². The van der Waals surface area contributed by atoms with Crippen molar-refractivity contribution in [2.24, 2.45) is 16.8 Å². The van der Waals surface area contributed by atoms with Gasteiger partial charge in [0, 0.05) is 28.8 Å². The number of hydrogen-bond acceptors (Lipinski definition) is 6. The molecule has 10 nitrogen and oxygen atoms in total. The minimum atomic E-state index is -1.07. The summed E-state index contributed by atoms with van der Waals surface area (Å²) in [5.41, 5.74) is 2.33. The lowest BCUT2D eigenvalue weighted by atomic mass is 10.0. The van der Waals surface area contributed by atoms with E-state index in [4.69, 9.17) is 28.4 Å². The van der Waals surface area contributed by atoms with Gasteiger partial charge in [-0.25, -0.2) is 10.6 Å². The van der Waals surface area contributed by atoms with Crippen molar-refractivity contribution in [3.05, 3.63) is 101 Å². The van der Waals surface area contributed by atoms with Crippen LogP contribution in [0, 0.1) is 0 Å². The number of nitrogens with zero attached hydrogens (tertiary/aromatic N) is 2. The van der Waals surface area contributed by atoms with Crippen LogP contribution in [0.3, 0.4) is 0 Å². The van der Waals surface area contributed by atoms with Crippen LogP contribution in [0.2, 0.25) is 5.02 Å². The Hall–Kier alpha value is -4.67. The Morgan fingerprint density at radius 2 is 1.76 bits per heavy atom. The van der Waals surface area contributed by atoms with Gasteiger partial charge >= 0.3 is 5.97 Å². The fourth-order valence-electron chi connectivity index (χ4n) is 3.40. The summed E-state index contributed by atoms with van der Waals surface area (Å²) in [6.45, 7) is 0. The van der Waals surface area contributed by atoms with Crippen molar-refractivity contribution < 1.29 is 19.5 Å². The zero-order valence-corrected chi connectivity index (χ0v) is 20.3. The first-order valence-corrected chi connectivity index (χ1v) is 11.4. The maximum atomic E-state index is 13.1. The van der Waals surface area contributed by atoms with Crippen molar-refractivity contribution >= 4 is 53.2 Å². The zero-order valence-electron chi connectivity index (χ0n) is 19.5. The molecule has 0 aliphatic rings. The molecule has 0 radical (unpaired) electrons. The van der Waals surface area contributed by atoms with E-state index < -0.39 is 23.8 Å². The van der Waals surface area contributed by atoms with Crippen molar-refractivity contribution in [2.45, 2.75) is 12.5 Å². The summed E-state index contributed by atoms with van der Waals surface area (Å²) in [6, 6.07) is 18.9. The second kappa shape index (κ2) is 12.9. The molecule has 3 rings (SSSR count). The molecule has 0 bridgehead atoms. The van der Waals surface area contributed by atoms with Crippen molar-refractivity contribution in [1.82, 2.24) is 5.32 Å². The summed E-state index contributed by atoms with van der Waals surface area (Å²) >= 11 is 6.10. The standard InChI is InChI=1S/C26H25ClN6O4/c27-20-9-12-23(33(29)16-30-28)19(15-20)8-13-24(34)32-22(14-17-4-2-1-3-5-17)25(35)31-21-10-6-18(7-11-21)26(36)37/h1-13,15-16,22H,14,28-29H2,(H,31,35)(H,32,34)(H,36,37)/b13-8+,30-16-/t22-/m0/s1. The SMILES string of the molecule is N/N=C\N(N)c1ccc(Cl)cc1/C=C/C(=O)N[C@@H](Cc1ccccc1)C(=O)Nc1ccc(C(=O)O)cc1. The van der Waals surface area contributed by atoms with E-state index >= 15 is 0 Å².